The third kappa shape index (κ3) is 3.63. The van der Waals surface area contributed by atoms with E-state index in [1.165, 1.54) is 11.8 Å². The molecule has 2 heterocycles. The van der Waals surface area contributed by atoms with Crippen LogP contribution in [0.3, 0.4) is 0 Å². The van der Waals surface area contributed by atoms with Gasteiger partial charge in [0.25, 0.3) is 0 Å². The summed E-state index contributed by atoms with van der Waals surface area (Å²) in [7, 11) is 0. The number of nitrogens with zero attached hydrogens (tertiary/aromatic N) is 2. The average Bonchev–Trinajstić information content (AvgIpc) is 3.54. The Labute approximate surface area is 172 Å². The van der Waals surface area contributed by atoms with E-state index < -0.39 is 0 Å². The summed E-state index contributed by atoms with van der Waals surface area (Å²) in [5.74, 6) is 1.50. The molecule has 1 saturated carbocycles. The van der Waals surface area contributed by atoms with Gasteiger partial charge in [0.2, 0.25) is 5.91 Å². The largest absolute Gasteiger partial charge is 0.486 e. The molecule has 2 atom stereocenters. The molecular formula is C22H18ClN3O3. The molecule has 0 radical (unpaired) electrons. The number of carbonyl (C=O) groups excluding carboxylic acids is 1. The molecule has 1 aliphatic heterocycles. The zero-order chi connectivity index (χ0) is 19.8. The quantitative estimate of drug-likeness (QED) is 0.404. The number of pyridine rings is 1. The predicted molar refractivity (Wildman–Crippen MR) is 111 cm³/mol. The molecule has 1 fully saturated rings. The zero-order valence-electron chi connectivity index (χ0n) is 15.5. The second kappa shape index (κ2) is 7.37. The van der Waals surface area contributed by atoms with Crippen LogP contribution in [-0.4, -0.2) is 30.3 Å². The first kappa shape index (κ1) is 17.9. The summed E-state index contributed by atoms with van der Waals surface area (Å²) in [6.07, 6.45) is 2.36. The van der Waals surface area contributed by atoms with Crippen molar-refractivity contribution in [3.8, 4) is 11.5 Å². The van der Waals surface area contributed by atoms with Crippen molar-refractivity contribution in [2.45, 2.75) is 12.3 Å². The molecule has 0 bridgehead atoms. The van der Waals surface area contributed by atoms with Gasteiger partial charge in [0.05, 0.1) is 11.7 Å². The minimum absolute atomic E-state index is 0.0385. The van der Waals surface area contributed by atoms with Crippen LogP contribution >= 0.6 is 11.6 Å². The third-order valence-electron chi connectivity index (χ3n) is 5.19. The summed E-state index contributed by atoms with van der Waals surface area (Å²) in [5.41, 5.74) is 5.13. The smallest absolute Gasteiger partial charge is 0.243 e. The highest BCUT2D eigenvalue weighted by Gasteiger charge is 2.43. The molecule has 0 spiro atoms. The van der Waals surface area contributed by atoms with Gasteiger partial charge in [-0.1, -0.05) is 41.9 Å². The van der Waals surface area contributed by atoms with Crippen molar-refractivity contribution >= 4 is 34.6 Å². The number of hydrazone groups is 1. The van der Waals surface area contributed by atoms with Gasteiger partial charge in [0.1, 0.15) is 18.4 Å². The monoisotopic (exact) mass is 407 g/mol. The van der Waals surface area contributed by atoms with E-state index in [0.717, 1.165) is 11.8 Å². The number of hydrogen-bond acceptors (Lipinski definition) is 5. The van der Waals surface area contributed by atoms with Crippen LogP contribution in [0, 0.1) is 5.92 Å². The highest BCUT2D eigenvalue weighted by molar-refractivity contribution is 6.32. The summed E-state index contributed by atoms with van der Waals surface area (Å²) < 4.78 is 11.2. The second-order valence-corrected chi connectivity index (χ2v) is 7.51. The Balaban J connectivity index is 1.29. The Morgan fingerprint density at radius 1 is 1.14 bits per heavy atom. The molecule has 146 valence electrons. The molecule has 29 heavy (non-hydrogen) atoms. The fraction of sp³-hybridized carbons (Fsp3) is 0.227. The zero-order valence-corrected chi connectivity index (χ0v) is 16.2. The van der Waals surface area contributed by atoms with E-state index in [1.807, 2.05) is 36.4 Å². The molecule has 2 aliphatic rings. The van der Waals surface area contributed by atoms with E-state index in [-0.39, 0.29) is 17.7 Å². The number of fused-ring (bicyclic) bond motifs is 2. The van der Waals surface area contributed by atoms with E-state index in [4.69, 9.17) is 21.1 Å². The van der Waals surface area contributed by atoms with Crippen molar-refractivity contribution in [1.29, 1.82) is 0 Å². The first-order valence-corrected chi connectivity index (χ1v) is 9.84. The second-order valence-electron chi connectivity index (χ2n) is 7.15. The van der Waals surface area contributed by atoms with Crippen LogP contribution in [0.15, 0.2) is 53.6 Å². The van der Waals surface area contributed by atoms with E-state index in [0.29, 0.717) is 40.9 Å². The van der Waals surface area contributed by atoms with Crippen molar-refractivity contribution in [2.24, 2.45) is 11.0 Å². The van der Waals surface area contributed by atoms with Crippen LogP contribution in [-0.2, 0) is 4.79 Å². The lowest BCUT2D eigenvalue weighted by Crippen LogP contribution is -2.20. The molecule has 6 nitrogen and oxygen atoms in total. The lowest BCUT2D eigenvalue weighted by atomic mass is 10.1. The molecule has 1 N–H and O–H groups in total. The molecule has 1 aromatic heterocycles. The number of nitrogens with one attached hydrogen (secondary N) is 1. The number of benzene rings is 2. The summed E-state index contributed by atoms with van der Waals surface area (Å²) in [5, 5.41) is 5.25. The SMILES string of the molecule is O=C(NN=Cc1cc2cc3c(cc2nc1Cl)OCCO3)[C@H]1C[C@@H]1c1ccccc1. The lowest BCUT2D eigenvalue weighted by molar-refractivity contribution is -0.122. The number of hydrogen-bond donors (Lipinski definition) is 1. The van der Waals surface area contributed by atoms with Crippen LogP contribution < -0.4 is 14.9 Å². The first-order valence-electron chi connectivity index (χ1n) is 9.47. The molecule has 1 amide bonds. The Hall–Kier alpha value is -3.12. The Morgan fingerprint density at radius 3 is 2.69 bits per heavy atom. The topological polar surface area (TPSA) is 72.8 Å². The minimum Gasteiger partial charge on any atom is -0.486 e. The standard InChI is InChI=1S/C22H18ClN3O3/c23-21-15(8-14-9-19-20(11-18(14)25-21)29-7-6-28-19)12-24-26-22(27)17-10-16(17)13-4-2-1-3-5-13/h1-5,8-9,11-12,16-17H,6-7,10H2,(H,26,27)/t16-,17+/m1/s1. The minimum atomic E-state index is -0.0837. The molecule has 0 unspecified atom stereocenters. The number of ether oxygens (including phenoxy) is 2. The Kier molecular flexibility index (Phi) is 4.56. The summed E-state index contributed by atoms with van der Waals surface area (Å²) in [6.45, 7) is 1.04. The number of halogens is 1. The summed E-state index contributed by atoms with van der Waals surface area (Å²) in [6, 6.07) is 15.6. The van der Waals surface area contributed by atoms with Crippen LogP contribution in [0.1, 0.15) is 23.5 Å². The fourth-order valence-corrected chi connectivity index (χ4v) is 3.79. The van der Waals surface area contributed by atoms with Crippen molar-refractivity contribution in [1.82, 2.24) is 10.4 Å². The number of carbonyl (C=O) groups is 1. The van der Waals surface area contributed by atoms with Gasteiger partial charge < -0.3 is 9.47 Å². The molecular weight excluding hydrogens is 390 g/mol. The maximum Gasteiger partial charge on any atom is 0.243 e. The third-order valence-corrected chi connectivity index (χ3v) is 5.50. The van der Waals surface area contributed by atoms with Gasteiger partial charge in [-0.15, -0.1) is 0 Å². The van der Waals surface area contributed by atoms with Gasteiger partial charge in [-0.25, -0.2) is 10.4 Å². The summed E-state index contributed by atoms with van der Waals surface area (Å²) in [4.78, 5) is 16.7. The fourth-order valence-electron chi connectivity index (χ4n) is 3.60. The average molecular weight is 408 g/mol. The predicted octanol–water partition coefficient (Wildman–Crippen LogP) is 3.91. The molecule has 2 aromatic carbocycles. The van der Waals surface area contributed by atoms with Crippen LogP contribution in [0.2, 0.25) is 5.15 Å². The van der Waals surface area contributed by atoms with E-state index in [9.17, 15) is 4.79 Å². The highest BCUT2D eigenvalue weighted by Crippen LogP contribution is 2.47. The van der Waals surface area contributed by atoms with Crippen molar-refractivity contribution < 1.29 is 14.3 Å². The number of rotatable bonds is 4. The van der Waals surface area contributed by atoms with E-state index in [2.05, 4.69) is 27.6 Å². The lowest BCUT2D eigenvalue weighted by Gasteiger charge is -2.18. The molecule has 1 aliphatic carbocycles. The normalized spacial score (nSPS) is 20.0. The van der Waals surface area contributed by atoms with E-state index >= 15 is 0 Å². The van der Waals surface area contributed by atoms with Gasteiger partial charge in [0.15, 0.2) is 11.5 Å². The maximum atomic E-state index is 12.3. The van der Waals surface area contributed by atoms with Gasteiger partial charge in [-0.2, -0.15) is 5.10 Å². The van der Waals surface area contributed by atoms with Crippen molar-refractivity contribution in [3.05, 3.63) is 64.8 Å². The Morgan fingerprint density at radius 2 is 1.90 bits per heavy atom. The van der Waals surface area contributed by atoms with Gasteiger partial charge in [-0.05, 0) is 30.0 Å². The van der Waals surface area contributed by atoms with Crippen molar-refractivity contribution in [2.75, 3.05) is 13.2 Å². The van der Waals surface area contributed by atoms with E-state index in [1.54, 1.807) is 0 Å². The summed E-state index contributed by atoms with van der Waals surface area (Å²) >= 11 is 6.29. The van der Waals surface area contributed by atoms with Gasteiger partial charge in [-0.3, -0.25) is 4.79 Å². The maximum absolute atomic E-state index is 12.3. The molecule has 7 heteroatoms. The number of aromatic nitrogens is 1. The van der Waals surface area contributed by atoms with Crippen LogP contribution in [0.5, 0.6) is 11.5 Å². The van der Waals surface area contributed by atoms with Gasteiger partial charge in [0, 0.05) is 22.9 Å². The van der Waals surface area contributed by atoms with Crippen LogP contribution in [0.25, 0.3) is 10.9 Å². The molecule has 0 saturated heterocycles. The number of amides is 1. The molecule has 5 rings (SSSR count). The highest BCUT2D eigenvalue weighted by atomic mass is 35.5. The Bertz CT molecular complexity index is 1120. The first-order chi connectivity index (χ1) is 14.2. The van der Waals surface area contributed by atoms with Gasteiger partial charge >= 0.3 is 0 Å². The molecule has 3 aromatic rings. The van der Waals surface area contributed by atoms with Crippen molar-refractivity contribution in [3.63, 3.8) is 0 Å². The van der Waals surface area contributed by atoms with Crippen LogP contribution in [0.4, 0.5) is 0 Å².